The van der Waals surface area contributed by atoms with Crippen molar-refractivity contribution >= 4 is 39.8 Å². The molecule has 2 saturated carbocycles. The highest BCUT2D eigenvalue weighted by Gasteiger charge is 2.53. The maximum atomic E-state index is 11.4. The number of nitrogens with one attached hydrogen (secondary N) is 2. The molecule has 7 nitrogen and oxygen atoms in total. The third kappa shape index (κ3) is 6.81. The van der Waals surface area contributed by atoms with Gasteiger partial charge >= 0.3 is 5.97 Å². The average molecular weight is 626 g/mol. The number of nitrogens with zero attached hydrogens (tertiary/aromatic N) is 2. The first-order valence-electron chi connectivity index (χ1n) is 13.9. The van der Waals surface area contributed by atoms with Crippen LogP contribution in [-0.2, 0) is 0 Å². The highest BCUT2D eigenvalue weighted by atomic mass is 79.9. The van der Waals surface area contributed by atoms with Crippen LogP contribution in [0.5, 0.6) is 5.88 Å². The third-order valence-corrected chi connectivity index (χ3v) is 9.33. The summed E-state index contributed by atoms with van der Waals surface area (Å²) in [6.07, 6.45) is 6.37. The number of rotatable bonds is 12. The number of halogens is 1. The lowest BCUT2D eigenvalue weighted by molar-refractivity contribution is 0.0696. The number of hydrogen-bond donors (Lipinski definition) is 3. The SMILES string of the molecule is Cc1cccc(C)c1-c1nc(NSc2cccc(C(=O)O)c2)nc(OCC(CC(C)C)NC2CC3(CC3)C2)c1Br. The van der Waals surface area contributed by atoms with Gasteiger partial charge in [0.05, 0.1) is 11.3 Å². The maximum Gasteiger partial charge on any atom is 0.335 e. The lowest BCUT2D eigenvalue weighted by Gasteiger charge is -2.39. The molecule has 0 saturated heterocycles. The lowest BCUT2D eigenvalue weighted by atomic mass is 9.76. The smallest absolute Gasteiger partial charge is 0.335 e. The molecule has 0 bridgehead atoms. The Hall–Kier alpha value is -2.62. The number of carbonyl (C=O) groups is 1. The van der Waals surface area contributed by atoms with Crippen LogP contribution in [0.4, 0.5) is 5.95 Å². The minimum Gasteiger partial charge on any atom is -0.478 e. The van der Waals surface area contributed by atoms with Gasteiger partial charge in [-0.3, -0.25) is 4.72 Å². The Labute approximate surface area is 249 Å². The van der Waals surface area contributed by atoms with Crippen molar-refractivity contribution < 1.29 is 14.6 Å². The second-order valence-electron chi connectivity index (χ2n) is 11.7. The van der Waals surface area contributed by atoms with Crippen LogP contribution >= 0.6 is 27.9 Å². The van der Waals surface area contributed by atoms with Crippen LogP contribution in [0, 0.1) is 25.2 Å². The van der Waals surface area contributed by atoms with Crippen molar-refractivity contribution in [2.24, 2.45) is 11.3 Å². The molecule has 9 heteroatoms. The Morgan fingerprint density at radius 2 is 1.85 bits per heavy atom. The largest absolute Gasteiger partial charge is 0.478 e. The molecule has 40 heavy (non-hydrogen) atoms. The molecule has 1 aromatic heterocycles. The van der Waals surface area contributed by atoms with Crippen molar-refractivity contribution in [1.29, 1.82) is 0 Å². The molecule has 2 aliphatic rings. The van der Waals surface area contributed by atoms with Gasteiger partial charge < -0.3 is 15.2 Å². The Balaban J connectivity index is 1.39. The molecule has 1 unspecified atom stereocenters. The van der Waals surface area contributed by atoms with Crippen LogP contribution in [0.25, 0.3) is 11.3 Å². The molecule has 1 spiro atoms. The standard InChI is InChI=1S/C31H37BrN4O3S/c1-18(2)13-22(33-23-15-31(16-23)11-12-31)17-39-28-26(32)27(25-19(3)7-5-8-20(25)4)34-30(35-28)36-40-24-10-6-9-21(14-24)29(37)38/h5-10,14,18,22-23,33H,11-13,15-17H2,1-4H3,(H,37,38)(H,34,35,36). The summed E-state index contributed by atoms with van der Waals surface area (Å²) in [6, 6.07) is 13.8. The molecule has 1 atom stereocenters. The molecule has 2 aromatic carbocycles. The van der Waals surface area contributed by atoms with Crippen molar-refractivity contribution in [2.45, 2.75) is 76.8 Å². The van der Waals surface area contributed by atoms with E-state index in [1.165, 1.54) is 37.6 Å². The van der Waals surface area contributed by atoms with Crippen LogP contribution in [0.2, 0.25) is 0 Å². The first kappa shape index (κ1) is 28.9. The van der Waals surface area contributed by atoms with Crippen LogP contribution in [0.1, 0.15) is 67.4 Å². The molecule has 5 rings (SSSR count). The minimum atomic E-state index is -0.964. The summed E-state index contributed by atoms with van der Waals surface area (Å²) in [5.41, 5.74) is 4.88. The Bertz CT molecular complexity index is 1370. The number of aryl methyl sites for hydroxylation is 2. The number of aromatic carboxylic acids is 1. The van der Waals surface area contributed by atoms with E-state index in [0.29, 0.717) is 35.8 Å². The fourth-order valence-electron chi connectivity index (χ4n) is 5.67. The first-order chi connectivity index (χ1) is 19.1. The summed E-state index contributed by atoms with van der Waals surface area (Å²) in [5, 5.41) is 13.2. The molecule has 3 N–H and O–H groups in total. The Morgan fingerprint density at radius 3 is 2.50 bits per heavy atom. The van der Waals surface area contributed by atoms with Crippen molar-refractivity contribution in [3.63, 3.8) is 0 Å². The zero-order valence-electron chi connectivity index (χ0n) is 23.5. The Morgan fingerprint density at radius 1 is 1.15 bits per heavy atom. The molecule has 0 aliphatic heterocycles. The van der Waals surface area contributed by atoms with Crippen molar-refractivity contribution in [1.82, 2.24) is 15.3 Å². The predicted molar refractivity (Wildman–Crippen MR) is 164 cm³/mol. The van der Waals surface area contributed by atoms with E-state index in [1.54, 1.807) is 18.2 Å². The molecule has 0 radical (unpaired) electrons. The molecular weight excluding hydrogens is 588 g/mol. The minimum absolute atomic E-state index is 0.228. The predicted octanol–water partition coefficient (Wildman–Crippen LogP) is 7.67. The van der Waals surface area contributed by atoms with Gasteiger partial charge in [0, 0.05) is 22.5 Å². The monoisotopic (exact) mass is 624 g/mol. The second kappa shape index (κ2) is 12.1. The molecule has 0 amide bonds. The van der Waals surface area contributed by atoms with E-state index >= 15 is 0 Å². The van der Waals surface area contributed by atoms with E-state index in [2.05, 4.69) is 65.8 Å². The molecule has 1 heterocycles. The van der Waals surface area contributed by atoms with E-state index in [0.717, 1.165) is 38.2 Å². The van der Waals surface area contributed by atoms with E-state index in [-0.39, 0.29) is 11.6 Å². The fourth-order valence-corrected chi connectivity index (χ4v) is 6.80. The molecular formula is C31H37BrN4O3S. The van der Waals surface area contributed by atoms with Crippen LogP contribution in [0.3, 0.4) is 0 Å². The Kier molecular flexibility index (Phi) is 8.73. The summed E-state index contributed by atoms with van der Waals surface area (Å²) >= 11 is 5.04. The maximum absolute atomic E-state index is 11.4. The first-order valence-corrected chi connectivity index (χ1v) is 15.5. The van der Waals surface area contributed by atoms with Gasteiger partial charge in [0.2, 0.25) is 11.8 Å². The summed E-state index contributed by atoms with van der Waals surface area (Å²) in [4.78, 5) is 21.8. The molecule has 2 fully saturated rings. The van der Waals surface area contributed by atoms with Gasteiger partial charge in [0.15, 0.2) is 0 Å². The number of ether oxygens (including phenoxy) is 1. The summed E-state index contributed by atoms with van der Waals surface area (Å²) in [7, 11) is 0. The molecule has 3 aromatic rings. The van der Waals surface area contributed by atoms with Crippen LogP contribution in [-0.4, -0.2) is 39.7 Å². The zero-order chi connectivity index (χ0) is 28.4. The normalized spacial score (nSPS) is 16.6. The van der Waals surface area contributed by atoms with Gasteiger partial charge in [-0.15, -0.1) is 0 Å². The van der Waals surface area contributed by atoms with Gasteiger partial charge in [0.25, 0.3) is 0 Å². The average Bonchev–Trinajstić information content (AvgIpc) is 3.68. The van der Waals surface area contributed by atoms with E-state index in [1.807, 2.05) is 12.1 Å². The fraction of sp³-hybridized carbons (Fsp3) is 0.452. The van der Waals surface area contributed by atoms with E-state index in [4.69, 9.17) is 14.7 Å². The topological polar surface area (TPSA) is 96.4 Å². The number of anilines is 1. The summed E-state index contributed by atoms with van der Waals surface area (Å²) < 4.78 is 10.4. The van der Waals surface area contributed by atoms with Crippen molar-refractivity contribution in [3.05, 3.63) is 63.6 Å². The van der Waals surface area contributed by atoms with E-state index in [9.17, 15) is 9.90 Å². The van der Waals surface area contributed by atoms with E-state index < -0.39 is 5.97 Å². The third-order valence-electron chi connectivity index (χ3n) is 7.84. The summed E-state index contributed by atoms with van der Waals surface area (Å²) in [5.74, 6) is 0.460. The summed E-state index contributed by atoms with van der Waals surface area (Å²) in [6.45, 7) is 9.15. The van der Waals surface area contributed by atoms with Gasteiger partial charge in [0.1, 0.15) is 11.1 Å². The molecule has 2 aliphatic carbocycles. The number of carboxylic acid groups (broad SMARTS) is 1. The zero-order valence-corrected chi connectivity index (χ0v) is 25.9. The number of hydrogen-bond acceptors (Lipinski definition) is 7. The van der Waals surface area contributed by atoms with Gasteiger partial charge in [-0.2, -0.15) is 4.98 Å². The van der Waals surface area contributed by atoms with Gasteiger partial charge in [-0.05, 0) is 114 Å². The lowest BCUT2D eigenvalue weighted by Crippen LogP contribution is -2.49. The van der Waals surface area contributed by atoms with Crippen LogP contribution in [0.15, 0.2) is 51.8 Å². The molecule has 212 valence electrons. The van der Waals surface area contributed by atoms with Crippen LogP contribution < -0.4 is 14.8 Å². The van der Waals surface area contributed by atoms with Gasteiger partial charge in [-0.1, -0.05) is 38.1 Å². The number of aromatic nitrogens is 2. The number of benzene rings is 2. The quantitative estimate of drug-likeness (QED) is 0.177. The second-order valence-corrected chi connectivity index (χ2v) is 13.4. The number of carboxylic acids is 1. The van der Waals surface area contributed by atoms with Gasteiger partial charge in [-0.25, -0.2) is 9.78 Å². The van der Waals surface area contributed by atoms with Crippen molar-refractivity contribution in [3.8, 4) is 17.1 Å². The highest BCUT2D eigenvalue weighted by Crippen LogP contribution is 2.60. The highest BCUT2D eigenvalue weighted by molar-refractivity contribution is 9.10. The van der Waals surface area contributed by atoms with Crippen molar-refractivity contribution in [2.75, 3.05) is 11.3 Å².